The molecule has 0 atom stereocenters. The maximum atomic E-state index is 7.73. The van der Waals surface area contributed by atoms with Crippen LogP contribution in [0.5, 0.6) is 0 Å². The maximum absolute atomic E-state index is 7.73. The fourth-order valence-corrected chi connectivity index (χ4v) is 1.52. The van der Waals surface area contributed by atoms with Gasteiger partial charge in [0, 0.05) is 10.7 Å². The van der Waals surface area contributed by atoms with Crippen molar-refractivity contribution >= 4 is 23.0 Å². The van der Waals surface area contributed by atoms with Crippen molar-refractivity contribution in [3.8, 4) is 0 Å². The Bertz CT molecular complexity index is 546. The average molecular weight is 231 g/mol. The van der Waals surface area contributed by atoms with Crippen LogP contribution in [0, 0.1) is 0 Å². The van der Waals surface area contributed by atoms with E-state index in [1.807, 2.05) is 49.4 Å². The summed E-state index contributed by atoms with van der Waals surface area (Å²) >= 11 is 5.83. The zero-order chi connectivity index (χ0) is 12.3. The first-order chi connectivity index (χ1) is 8.16. The Balaban J connectivity index is 2.34. The molecule has 80 valence electrons. The van der Waals surface area contributed by atoms with Gasteiger partial charge in [0.15, 0.2) is 0 Å². The quantitative estimate of drug-likeness (QED) is 0.675. The van der Waals surface area contributed by atoms with E-state index >= 15 is 0 Å². The number of nitrogens with zero attached hydrogens (tertiary/aromatic N) is 1. The van der Waals surface area contributed by atoms with Gasteiger partial charge < -0.3 is 0 Å². The second-order valence-corrected chi connectivity index (χ2v) is 3.89. The molecule has 0 aliphatic carbocycles. The Labute approximate surface area is 102 Å². The molecule has 0 aliphatic heterocycles. The van der Waals surface area contributed by atoms with Gasteiger partial charge in [-0.15, -0.1) is 0 Å². The summed E-state index contributed by atoms with van der Waals surface area (Å²) in [6.45, 7) is 1.93. The summed E-state index contributed by atoms with van der Waals surface area (Å²) in [5.41, 5.74) is 2.57. The molecule has 2 aromatic carbocycles. The third-order valence-electron chi connectivity index (χ3n) is 2.24. The molecule has 0 saturated heterocycles. The molecule has 2 heteroatoms. The van der Waals surface area contributed by atoms with Crippen LogP contribution in [0.3, 0.4) is 0 Å². The molecule has 0 aliphatic rings. The van der Waals surface area contributed by atoms with E-state index in [0.29, 0.717) is 16.8 Å². The predicted molar refractivity (Wildman–Crippen MR) is 69.8 cm³/mol. The summed E-state index contributed by atoms with van der Waals surface area (Å²) in [4.78, 5) is 4.44. The lowest BCUT2D eigenvalue weighted by Crippen LogP contribution is -1.92. The molecule has 0 aromatic heterocycles. The molecule has 0 bridgehead atoms. The average Bonchev–Trinajstić information content (AvgIpc) is 2.33. The highest BCUT2D eigenvalue weighted by atomic mass is 35.5. The van der Waals surface area contributed by atoms with Gasteiger partial charge in [-0.05, 0) is 36.7 Å². The van der Waals surface area contributed by atoms with Crippen LogP contribution in [0.2, 0.25) is 5.02 Å². The zero-order valence-corrected chi connectivity index (χ0v) is 9.70. The lowest BCUT2D eigenvalue weighted by Gasteiger charge is -2.01. The number of hydrogen-bond acceptors (Lipinski definition) is 1. The van der Waals surface area contributed by atoms with Crippen LogP contribution in [-0.2, 0) is 0 Å². The molecular formula is C14H12ClN. The second-order valence-electron chi connectivity index (χ2n) is 3.45. The normalized spacial score (nSPS) is 12.4. The first-order valence-electron chi connectivity index (χ1n) is 5.53. The fourth-order valence-electron chi connectivity index (χ4n) is 1.39. The number of aliphatic imine (C=N–C) groups is 1. The highest BCUT2D eigenvalue weighted by molar-refractivity contribution is 6.30. The minimum absolute atomic E-state index is 0.431. The Kier molecular flexibility index (Phi) is 2.97. The van der Waals surface area contributed by atoms with Crippen molar-refractivity contribution in [1.82, 2.24) is 0 Å². The molecule has 0 heterocycles. The smallest absolute Gasteiger partial charge is 0.0646 e. The van der Waals surface area contributed by atoms with E-state index in [4.69, 9.17) is 13.0 Å². The van der Waals surface area contributed by atoms with Crippen molar-refractivity contribution in [2.24, 2.45) is 4.99 Å². The number of halogens is 1. The maximum Gasteiger partial charge on any atom is 0.0646 e. The summed E-state index contributed by atoms with van der Waals surface area (Å²) in [5, 5.41) is 0.711. The van der Waals surface area contributed by atoms with Gasteiger partial charge in [0.25, 0.3) is 0 Å². The molecule has 2 rings (SSSR count). The van der Waals surface area contributed by atoms with E-state index in [1.54, 1.807) is 6.07 Å². The highest BCUT2D eigenvalue weighted by Gasteiger charge is 1.97. The monoisotopic (exact) mass is 230 g/mol. The van der Waals surface area contributed by atoms with E-state index < -0.39 is 0 Å². The minimum atomic E-state index is 0.431. The number of rotatable bonds is 2. The Hall–Kier alpha value is -1.60. The van der Waals surface area contributed by atoms with Crippen LogP contribution in [0.15, 0.2) is 59.6 Å². The summed E-state index contributed by atoms with van der Waals surface area (Å²) in [5.74, 6) is 0. The van der Waals surface area contributed by atoms with Crippen LogP contribution in [0.4, 0.5) is 5.69 Å². The number of para-hydroxylation sites is 1. The van der Waals surface area contributed by atoms with Gasteiger partial charge in [-0.1, -0.05) is 41.9 Å². The van der Waals surface area contributed by atoms with Crippen molar-refractivity contribution in [3.05, 3.63) is 65.2 Å². The van der Waals surface area contributed by atoms with Gasteiger partial charge in [-0.25, -0.2) is 0 Å². The van der Waals surface area contributed by atoms with Crippen molar-refractivity contribution in [3.63, 3.8) is 0 Å². The number of hydrogen-bond donors (Lipinski definition) is 0. The molecule has 2 aromatic rings. The van der Waals surface area contributed by atoms with Gasteiger partial charge in [-0.3, -0.25) is 4.99 Å². The molecule has 0 unspecified atom stereocenters. The lowest BCUT2D eigenvalue weighted by molar-refractivity contribution is 1.47. The zero-order valence-electron chi connectivity index (χ0n) is 9.94. The lowest BCUT2D eigenvalue weighted by atomic mass is 10.1. The molecule has 0 amide bonds. The SMILES string of the molecule is [2H]c1ccccc1N=C(C)c1ccc(Cl)cc1. The largest absolute Gasteiger partial charge is 0.253 e. The Morgan fingerprint density at radius 3 is 2.56 bits per heavy atom. The first-order valence-corrected chi connectivity index (χ1v) is 5.41. The van der Waals surface area contributed by atoms with E-state index in [-0.39, 0.29) is 0 Å². The summed E-state index contributed by atoms with van der Waals surface area (Å²) in [6.07, 6.45) is 0. The van der Waals surface area contributed by atoms with Crippen molar-refractivity contribution in [2.75, 3.05) is 0 Å². The van der Waals surface area contributed by atoms with Gasteiger partial charge in [0.05, 0.1) is 7.06 Å². The van der Waals surface area contributed by atoms with E-state index in [1.165, 1.54) is 0 Å². The third kappa shape index (κ3) is 2.71. The molecular weight excluding hydrogens is 218 g/mol. The third-order valence-corrected chi connectivity index (χ3v) is 2.49. The standard InChI is InChI=1S/C14H12ClN/c1-11(12-7-9-13(15)10-8-12)16-14-5-3-2-4-6-14/h2-10H,1H3/i5D. The minimum Gasteiger partial charge on any atom is -0.253 e. The van der Waals surface area contributed by atoms with Crippen molar-refractivity contribution in [2.45, 2.75) is 6.92 Å². The second kappa shape index (κ2) is 4.95. The highest BCUT2D eigenvalue weighted by Crippen LogP contribution is 2.15. The van der Waals surface area contributed by atoms with E-state index in [9.17, 15) is 0 Å². The summed E-state index contributed by atoms with van der Waals surface area (Å²) in [7, 11) is 0. The summed E-state index contributed by atoms with van der Waals surface area (Å²) in [6, 6.07) is 15.2. The number of benzene rings is 2. The Morgan fingerprint density at radius 2 is 1.88 bits per heavy atom. The van der Waals surface area contributed by atoms with Gasteiger partial charge in [0.1, 0.15) is 0 Å². The summed E-state index contributed by atoms with van der Waals surface area (Å²) < 4.78 is 7.73. The van der Waals surface area contributed by atoms with Crippen LogP contribution < -0.4 is 0 Å². The van der Waals surface area contributed by atoms with Gasteiger partial charge >= 0.3 is 0 Å². The molecule has 0 N–H and O–H groups in total. The predicted octanol–water partition coefficient (Wildman–Crippen LogP) is 4.48. The first kappa shape index (κ1) is 9.61. The molecule has 0 spiro atoms. The van der Waals surface area contributed by atoms with Crippen molar-refractivity contribution < 1.29 is 1.37 Å². The van der Waals surface area contributed by atoms with Crippen LogP contribution in [0.1, 0.15) is 13.9 Å². The van der Waals surface area contributed by atoms with Crippen LogP contribution >= 0.6 is 11.6 Å². The molecule has 1 nitrogen and oxygen atoms in total. The van der Waals surface area contributed by atoms with Crippen molar-refractivity contribution in [1.29, 1.82) is 0 Å². The Morgan fingerprint density at radius 1 is 1.12 bits per heavy atom. The van der Waals surface area contributed by atoms with Crippen LogP contribution in [-0.4, -0.2) is 5.71 Å². The topological polar surface area (TPSA) is 12.4 Å². The van der Waals surface area contributed by atoms with Gasteiger partial charge in [0.2, 0.25) is 0 Å². The van der Waals surface area contributed by atoms with Crippen LogP contribution in [0.25, 0.3) is 0 Å². The van der Waals surface area contributed by atoms with E-state index in [2.05, 4.69) is 4.99 Å². The molecule has 0 radical (unpaired) electrons. The van der Waals surface area contributed by atoms with E-state index in [0.717, 1.165) is 11.3 Å². The molecule has 16 heavy (non-hydrogen) atoms. The molecule has 0 saturated carbocycles. The molecule has 0 fully saturated rings. The fraction of sp³-hybridized carbons (Fsp3) is 0.0714. The van der Waals surface area contributed by atoms with Gasteiger partial charge in [-0.2, -0.15) is 0 Å².